The third-order valence-electron chi connectivity index (χ3n) is 4.77. The summed E-state index contributed by atoms with van der Waals surface area (Å²) in [6, 6.07) is 9.58. The standard InChI is InChI=1S/C22H20Cl2N4O4/c1-4-19(29)14-8-15(22(31)32-3)10-16(9-14)25-21(30)20-12(2)28(27-26-20)11-13-5-6-17(23)18(24)7-13/h5-10H,4,11H2,1-3H3,(H,25,30). The van der Waals surface area contributed by atoms with Crippen molar-refractivity contribution in [2.45, 2.75) is 26.8 Å². The fraction of sp³-hybridized carbons (Fsp3) is 0.227. The van der Waals surface area contributed by atoms with E-state index >= 15 is 0 Å². The van der Waals surface area contributed by atoms with Gasteiger partial charge in [0.25, 0.3) is 5.91 Å². The van der Waals surface area contributed by atoms with Gasteiger partial charge in [0.05, 0.1) is 35.0 Å². The predicted octanol–water partition coefficient (Wildman–Crippen LogP) is 4.57. The molecule has 0 radical (unpaired) electrons. The smallest absolute Gasteiger partial charge is 0.337 e. The van der Waals surface area contributed by atoms with E-state index < -0.39 is 11.9 Å². The van der Waals surface area contributed by atoms with Crippen molar-refractivity contribution in [1.82, 2.24) is 15.0 Å². The minimum Gasteiger partial charge on any atom is -0.465 e. The normalized spacial score (nSPS) is 10.7. The first-order valence-electron chi connectivity index (χ1n) is 9.65. The zero-order valence-corrected chi connectivity index (χ0v) is 19.1. The van der Waals surface area contributed by atoms with Crippen molar-refractivity contribution in [2.75, 3.05) is 12.4 Å². The minimum atomic E-state index is -0.616. The van der Waals surface area contributed by atoms with Crippen LogP contribution in [0.5, 0.6) is 0 Å². The van der Waals surface area contributed by atoms with Crippen molar-refractivity contribution >= 4 is 46.5 Å². The number of methoxy groups -OCH3 is 1. The first kappa shape index (κ1) is 23.4. The van der Waals surface area contributed by atoms with Gasteiger partial charge in [-0.15, -0.1) is 5.10 Å². The minimum absolute atomic E-state index is 0.108. The molecular formula is C22H20Cl2N4O4. The van der Waals surface area contributed by atoms with Crippen molar-refractivity contribution in [3.05, 3.63) is 74.5 Å². The van der Waals surface area contributed by atoms with E-state index in [2.05, 4.69) is 15.6 Å². The molecule has 0 spiro atoms. The van der Waals surface area contributed by atoms with Crippen LogP contribution in [0.15, 0.2) is 36.4 Å². The molecule has 3 rings (SSSR count). The summed E-state index contributed by atoms with van der Waals surface area (Å²) in [6.45, 7) is 3.76. The van der Waals surface area contributed by atoms with Crippen molar-refractivity contribution in [1.29, 1.82) is 0 Å². The molecule has 0 bridgehead atoms. The molecule has 0 aliphatic heterocycles. The molecule has 2 aromatic carbocycles. The van der Waals surface area contributed by atoms with Crippen LogP contribution in [0.2, 0.25) is 10.0 Å². The molecule has 0 fully saturated rings. The van der Waals surface area contributed by atoms with Gasteiger partial charge in [-0.2, -0.15) is 0 Å². The molecule has 0 aliphatic rings. The second-order valence-electron chi connectivity index (χ2n) is 6.95. The lowest BCUT2D eigenvalue weighted by molar-refractivity contribution is 0.0600. The number of ether oxygens (including phenoxy) is 1. The molecular weight excluding hydrogens is 455 g/mol. The molecule has 0 saturated carbocycles. The van der Waals surface area contributed by atoms with Gasteiger partial charge in [-0.25, -0.2) is 9.48 Å². The van der Waals surface area contributed by atoms with Crippen LogP contribution >= 0.6 is 23.2 Å². The number of benzene rings is 2. The number of nitrogens with zero attached hydrogens (tertiary/aromatic N) is 3. The maximum atomic E-state index is 12.8. The Labute approximate surface area is 194 Å². The van der Waals surface area contributed by atoms with Crippen LogP contribution in [-0.2, 0) is 11.3 Å². The number of Topliss-reactive ketones (excluding diaryl/α,β-unsaturated/α-hetero) is 1. The number of carbonyl (C=O) groups is 3. The van der Waals surface area contributed by atoms with Gasteiger partial charge in [0, 0.05) is 17.7 Å². The molecule has 0 aliphatic carbocycles. The monoisotopic (exact) mass is 474 g/mol. The highest BCUT2D eigenvalue weighted by molar-refractivity contribution is 6.42. The van der Waals surface area contributed by atoms with Gasteiger partial charge in [-0.1, -0.05) is 41.4 Å². The third-order valence-corrected chi connectivity index (χ3v) is 5.51. The second kappa shape index (κ2) is 9.93. The number of ketones is 1. The second-order valence-corrected chi connectivity index (χ2v) is 7.77. The lowest BCUT2D eigenvalue weighted by atomic mass is 10.0. The number of hydrogen-bond donors (Lipinski definition) is 1. The summed E-state index contributed by atoms with van der Waals surface area (Å²) in [4.78, 5) is 37.0. The van der Waals surface area contributed by atoms with E-state index in [1.54, 1.807) is 36.7 Å². The van der Waals surface area contributed by atoms with Crippen molar-refractivity contribution < 1.29 is 19.1 Å². The number of halogens is 2. The molecule has 8 nitrogen and oxygen atoms in total. The Hall–Kier alpha value is -3.23. The topological polar surface area (TPSA) is 103 Å². The summed E-state index contributed by atoms with van der Waals surface area (Å²) in [6.07, 6.45) is 0.250. The maximum Gasteiger partial charge on any atom is 0.337 e. The van der Waals surface area contributed by atoms with Crippen LogP contribution in [-0.4, -0.2) is 39.8 Å². The lowest BCUT2D eigenvalue weighted by Crippen LogP contribution is -2.16. The lowest BCUT2D eigenvalue weighted by Gasteiger charge is -2.09. The number of esters is 1. The quantitative estimate of drug-likeness (QED) is 0.397. The van der Waals surface area contributed by atoms with E-state index in [1.807, 2.05) is 0 Å². The van der Waals surface area contributed by atoms with Gasteiger partial charge in [0.1, 0.15) is 0 Å². The van der Waals surface area contributed by atoms with Gasteiger partial charge in [0.15, 0.2) is 11.5 Å². The Morgan fingerprint density at radius 1 is 1.06 bits per heavy atom. The zero-order valence-electron chi connectivity index (χ0n) is 17.6. The van der Waals surface area contributed by atoms with Crippen molar-refractivity contribution in [3.63, 3.8) is 0 Å². The SMILES string of the molecule is CCC(=O)c1cc(NC(=O)c2nnn(Cc3ccc(Cl)c(Cl)c3)c2C)cc(C(=O)OC)c1. The van der Waals surface area contributed by atoms with Crippen molar-refractivity contribution in [3.8, 4) is 0 Å². The highest BCUT2D eigenvalue weighted by Gasteiger charge is 2.19. The third kappa shape index (κ3) is 5.15. The maximum absolute atomic E-state index is 12.8. The molecule has 0 saturated heterocycles. The highest BCUT2D eigenvalue weighted by Crippen LogP contribution is 2.23. The van der Waals surface area contributed by atoms with E-state index in [4.69, 9.17) is 27.9 Å². The van der Waals surface area contributed by atoms with Crippen LogP contribution < -0.4 is 5.32 Å². The Morgan fingerprint density at radius 2 is 1.78 bits per heavy atom. The summed E-state index contributed by atoms with van der Waals surface area (Å²) in [5.74, 6) is -1.31. The van der Waals surface area contributed by atoms with Gasteiger partial charge < -0.3 is 10.1 Å². The highest BCUT2D eigenvalue weighted by atomic mass is 35.5. The molecule has 10 heteroatoms. The van der Waals surface area contributed by atoms with E-state index in [0.717, 1.165) is 5.56 Å². The number of hydrogen-bond acceptors (Lipinski definition) is 6. The Bertz CT molecular complexity index is 1170. The molecule has 32 heavy (non-hydrogen) atoms. The van der Waals surface area contributed by atoms with E-state index in [9.17, 15) is 14.4 Å². The molecule has 1 N–H and O–H groups in total. The number of anilines is 1. The summed E-state index contributed by atoms with van der Waals surface area (Å²) < 4.78 is 6.30. The molecule has 3 aromatic rings. The molecule has 1 amide bonds. The average molecular weight is 475 g/mol. The van der Waals surface area contributed by atoms with E-state index in [-0.39, 0.29) is 29.1 Å². The summed E-state index contributed by atoms with van der Waals surface area (Å²) >= 11 is 12.0. The molecule has 1 aromatic heterocycles. The average Bonchev–Trinajstić information content (AvgIpc) is 3.14. The van der Waals surface area contributed by atoms with Crippen LogP contribution in [0.1, 0.15) is 55.8 Å². The molecule has 0 atom stereocenters. The number of rotatable bonds is 7. The first-order valence-corrected chi connectivity index (χ1v) is 10.4. The molecule has 166 valence electrons. The van der Waals surface area contributed by atoms with Crippen LogP contribution in [0.3, 0.4) is 0 Å². The zero-order chi connectivity index (χ0) is 23.4. The largest absolute Gasteiger partial charge is 0.465 e. The fourth-order valence-corrected chi connectivity index (χ4v) is 3.34. The predicted molar refractivity (Wildman–Crippen MR) is 121 cm³/mol. The van der Waals surface area contributed by atoms with Gasteiger partial charge in [0.2, 0.25) is 0 Å². The molecule has 0 unspecified atom stereocenters. The van der Waals surface area contributed by atoms with Crippen LogP contribution in [0.25, 0.3) is 0 Å². The Morgan fingerprint density at radius 3 is 2.44 bits per heavy atom. The van der Waals surface area contributed by atoms with Crippen LogP contribution in [0.4, 0.5) is 5.69 Å². The fourth-order valence-electron chi connectivity index (χ4n) is 3.02. The van der Waals surface area contributed by atoms with E-state index in [1.165, 1.54) is 25.3 Å². The van der Waals surface area contributed by atoms with Gasteiger partial charge >= 0.3 is 5.97 Å². The number of nitrogens with one attached hydrogen (secondary N) is 1. The van der Waals surface area contributed by atoms with E-state index in [0.29, 0.717) is 27.8 Å². The Kier molecular flexibility index (Phi) is 7.27. The number of aromatic nitrogens is 3. The van der Waals surface area contributed by atoms with Gasteiger partial charge in [-0.05, 0) is 42.8 Å². The summed E-state index contributed by atoms with van der Waals surface area (Å²) in [5.41, 5.74) is 2.20. The first-order chi connectivity index (χ1) is 15.2. The van der Waals surface area contributed by atoms with Crippen molar-refractivity contribution in [2.24, 2.45) is 0 Å². The van der Waals surface area contributed by atoms with Gasteiger partial charge in [-0.3, -0.25) is 9.59 Å². The van der Waals surface area contributed by atoms with Crippen LogP contribution in [0, 0.1) is 6.92 Å². The Balaban J connectivity index is 1.85. The number of amides is 1. The summed E-state index contributed by atoms with van der Waals surface area (Å²) in [5, 5.41) is 11.6. The summed E-state index contributed by atoms with van der Waals surface area (Å²) in [7, 11) is 1.24. The molecule has 1 heterocycles. The number of carbonyl (C=O) groups excluding carboxylic acids is 3.